The monoisotopic (exact) mass is 357 g/mol. The molecule has 1 N–H and O–H groups in total. The molecule has 0 saturated carbocycles. The topological polar surface area (TPSA) is 72.5 Å². The summed E-state index contributed by atoms with van der Waals surface area (Å²) in [5.74, 6) is -0.987. The van der Waals surface area contributed by atoms with Crippen LogP contribution in [0.3, 0.4) is 0 Å². The van der Waals surface area contributed by atoms with E-state index in [1.165, 1.54) is 35.6 Å². The number of aryl methyl sites for hydroxylation is 2. The van der Waals surface area contributed by atoms with Gasteiger partial charge < -0.3 is 10.1 Å². The van der Waals surface area contributed by atoms with E-state index in [1.54, 1.807) is 24.3 Å². The van der Waals surface area contributed by atoms with Crippen LogP contribution in [-0.4, -0.2) is 23.8 Å². The fourth-order valence-electron chi connectivity index (χ4n) is 2.76. The molecule has 0 fully saturated rings. The van der Waals surface area contributed by atoms with Gasteiger partial charge in [-0.3, -0.25) is 9.59 Å². The summed E-state index contributed by atoms with van der Waals surface area (Å²) in [7, 11) is 0. The lowest BCUT2D eigenvalue weighted by Gasteiger charge is -2.13. The number of benzene rings is 1. The molecule has 0 radical (unpaired) electrons. The van der Waals surface area contributed by atoms with Crippen molar-refractivity contribution < 1.29 is 19.1 Å². The number of esters is 1. The van der Waals surface area contributed by atoms with E-state index in [4.69, 9.17) is 4.74 Å². The average Bonchev–Trinajstić information content (AvgIpc) is 3.16. The average molecular weight is 357 g/mol. The van der Waals surface area contributed by atoms with E-state index in [-0.39, 0.29) is 5.78 Å². The van der Waals surface area contributed by atoms with Crippen LogP contribution >= 0.6 is 11.3 Å². The predicted octanol–water partition coefficient (Wildman–Crippen LogP) is 3.62. The number of fused-ring (bicyclic) bond motifs is 1. The molecule has 5 nitrogen and oxygen atoms in total. The van der Waals surface area contributed by atoms with Gasteiger partial charge in [-0.2, -0.15) is 0 Å². The predicted molar refractivity (Wildman–Crippen MR) is 96.3 cm³/mol. The van der Waals surface area contributed by atoms with Crippen LogP contribution in [0.5, 0.6) is 0 Å². The van der Waals surface area contributed by atoms with Gasteiger partial charge in [0, 0.05) is 16.1 Å². The van der Waals surface area contributed by atoms with E-state index in [1.807, 2.05) is 6.07 Å². The molecule has 0 bridgehead atoms. The molecule has 1 amide bonds. The van der Waals surface area contributed by atoms with Gasteiger partial charge in [0.05, 0.1) is 0 Å². The van der Waals surface area contributed by atoms with E-state index in [9.17, 15) is 14.4 Å². The zero-order valence-electron chi connectivity index (χ0n) is 14.1. The normalized spacial score (nSPS) is 13.8. The maximum absolute atomic E-state index is 12.2. The lowest BCUT2D eigenvalue weighted by atomic mass is 10.1. The second-order valence-corrected chi connectivity index (χ2v) is 7.22. The van der Waals surface area contributed by atoms with Gasteiger partial charge >= 0.3 is 5.97 Å². The molecule has 0 unspecified atom stereocenters. The van der Waals surface area contributed by atoms with Gasteiger partial charge in [0.25, 0.3) is 5.91 Å². The van der Waals surface area contributed by atoms with E-state index in [0.29, 0.717) is 16.1 Å². The number of ketones is 1. The van der Waals surface area contributed by atoms with Crippen molar-refractivity contribution in [3.63, 3.8) is 0 Å². The summed E-state index contributed by atoms with van der Waals surface area (Å²) in [6.45, 7) is 2.99. The van der Waals surface area contributed by atoms with Crippen LogP contribution in [0.25, 0.3) is 0 Å². The van der Waals surface area contributed by atoms with Crippen molar-refractivity contribution in [1.29, 1.82) is 0 Å². The van der Waals surface area contributed by atoms with Crippen molar-refractivity contribution in [1.82, 2.24) is 0 Å². The van der Waals surface area contributed by atoms with Gasteiger partial charge in [0.2, 0.25) is 0 Å². The molecule has 2 aromatic rings. The lowest BCUT2D eigenvalue weighted by molar-refractivity contribution is -0.123. The number of Topliss-reactive ketones (excluding diaryl/α,β-unsaturated/α-hetero) is 1. The molecule has 6 heteroatoms. The Morgan fingerprint density at radius 1 is 1.20 bits per heavy atom. The Kier molecular flexibility index (Phi) is 4.99. The Bertz CT molecular complexity index is 818. The second kappa shape index (κ2) is 7.19. The van der Waals surface area contributed by atoms with E-state index in [2.05, 4.69) is 5.32 Å². The minimum Gasteiger partial charge on any atom is -0.448 e. The summed E-state index contributed by atoms with van der Waals surface area (Å²) in [4.78, 5) is 37.6. The number of carbonyl (C=O) groups is 3. The van der Waals surface area contributed by atoms with Gasteiger partial charge in [-0.15, -0.1) is 11.3 Å². The number of rotatable bonds is 5. The number of hydrogen-bond donors (Lipinski definition) is 1. The van der Waals surface area contributed by atoms with E-state index >= 15 is 0 Å². The number of nitrogens with one attached hydrogen (secondary N) is 1. The molecular weight excluding hydrogens is 338 g/mol. The quantitative estimate of drug-likeness (QED) is 0.655. The van der Waals surface area contributed by atoms with Crippen molar-refractivity contribution >= 4 is 34.7 Å². The molecule has 1 aromatic heterocycles. The smallest absolute Gasteiger partial charge is 0.349 e. The van der Waals surface area contributed by atoms with Gasteiger partial charge in [0.15, 0.2) is 11.9 Å². The third kappa shape index (κ3) is 3.96. The van der Waals surface area contributed by atoms with E-state index < -0.39 is 18.0 Å². The summed E-state index contributed by atoms with van der Waals surface area (Å²) in [6.07, 6.45) is 2.22. The summed E-state index contributed by atoms with van der Waals surface area (Å²) in [6, 6.07) is 8.52. The lowest BCUT2D eigenvalue weighted by Crippen LogP contribution is -2.29. The number of carbonyl (C=O) groups excluding carboxylic acids is 3. The summed E-state index contributed by atoms with van der Waals surface area (Å²) < 4.78 is 5.28. The first-order valence-corrected chi connectivity index (χ1v) is 9.00. The number of hydrogen-bond acceptors (Lipinski definition) is 5. The van der Waals surface area contributed by atoms with Crippen LogP contribution in [0.2, 0.25) is 0 Å². The number of anilines is 1. The van der Waals surface area contributed by atoms with E-state index in [0.717, 1.165) is 19.3 Å². The standard InChI is InChI=1S/C19H19NO4S/c1-11(21)13-5-3-7-15(9-13)20-18(22)12(2)24-19(23)17-10-14-6-4-8-16(14)25-17/h3,5,7,9-10,12H,4,6,8H2,1-2H3,(H,20,22)/t12-/m1/s1. The fraction of sp³-hybridized carbons (Fsp3) is 0.316. The second-order valence-electron chi connectivity index (χ2n) is 6.09. The molecule has 3 rings (SSSR count). The van der Waals surface area contributed by atoms with Crippen LogP contribution < -0.4 is 5.32 Å². The third-order valence-electron chi connectivity index (χ3n) is 4.14. The van der Waals surface area contributed by atoms with Crippen LogP contribution in [0.15, 0.2) is 30.3 Å². The fourth-order valence-corrected chi connectivity index (χ4v) is 3.90. The van der Waals surface area contributed by atoms with Gasteiger partial charge in [-0.1, -0.05) is 12.1 Å². The molecule has 1 aliphatic carbocycles. The van der Waals surface area contributed by atoms with Crippen molar-refractivity contribution in [2.75, 3.05) is 5.32 Å². The zero-order valence-corrected chi connectivity index (χ0v) is 14.9. The highest BCUT2D eigenvalue weighted by atomic mass is 32.1. The highest BCUT2D eigenvalue weighted by Crippen LogP contribution is 2.31. The molecule has 0 aliphatic heterocycles. The van der Waals surface area contributed by atoms with Crippen LogP contribution in [0, 0.1) is 0 Å². The van der Waals surface area contributed by atoms with Crippen LogP contribution in [-0.2, 0) is 22.4 Å². The third-order valence-corrected chi connectivity index (χ3v) is 5.35. The highest BCUT2D eigenvalue weighted by Gasteiger charge is 2.23. The molecule has 130 valence electrons. The van der Waals surface area contributed by atoms with Crippen molar-refractivity contribution in [2.24, 2.45) is 0 Å². The Hall–Kier alpha value is -2.47. The van der Waals surface area contributed by atoms with Crippen molar-refractivity contribution in [3.8, 4) is 0 Å². The molecule has 0 spiro atoms. The Morgan fingerprint density at radius 2 is 2.00 bits per heavy atom. The van der Waals surface area contributed by atoms with Gasteiger partial charge in [-0.05, 0) is 56.9 Å². The SMILES string of the molecule is CC(=O)c1cccc(NC(=O)[C@@H](C)OC(=O)c2cc3c(s2)CCC3)c1. The molecule has 1 aliphatic rings. The van der Waals surface area contributed by atoms with Crippen molar-refractivity contribution in [2.45, 2.75) is 39.2 Å². The summed E-state index contributed by atoms with van der Waals surface area (Å²) in [5.41, 5.74) is 2.22. The minimum atomic E-state index is -0.926. The number of amides is 1. The molecule has 1 heterocycles. The molecule has 1 aromatic carbocycles. The number of thiophene rings is 1. The molecular formula is C19H19NO4S. The Labute approximate surface area is 150 Å². The van der Waals surface area contributed by atoms with Gasteiger partial charge in [-0.25, -0.2) is 4.79 Å². The summed E-state index contributed by atoms with van der Waals surface area (Å²) in [5, 5.41) is 2.67. The first-order chi connectivity index (χ1) is 11.9. The zero-order chi connectivity index (χ0) is 18.0. The first-order valence-electron chi connectivity index (χ1n) is 8.18. The first kappa shape index (κ1) is 17.4. The van der Waals surface area contributed by atoms with Crippen molar-refractivity contribution in [3.05, 3.63) is 51.2 Å². The minimum absolute atomic E-state index is 0.0821. The Balaban J connectivity index is 1.61. The Morgan fingerprint density at radius 3 is 2.72 bits per heavy atom. The molecule has 0 saturated heterocycles. The summed E-state index contributed by atoms with van der Waals surface area (Å²) >= 11 is 1.45. The highest BCUT2D eigenvalue weighted by molar-refractivity contribution is 7.14. The van der Waals surface area contributed by atoms with Crippen LogP contribution in [0.4, 0.5) is 5.69 Å². The molecule has 25 heavy (non-hydrogen) atoms. The maximum Gasteiger partial charge on any atom is 0.349 e. The molecule has 1 atom stereocenters. The van der Waals surface area contributed by atoms with Crippen LogP contribution in [0.1, 0.15) is 50.7 Å². The van der Waals surface area contributed by atoms with Gasteiger partial charge in [0.1, 0.15) is 4.88 Å². The number of ether oxygens (including phenoxy) is 1. The largest absolute Gasteiger partial charge is 0.448 e. The maximum atomic E-state index is 12.2.